The van der Waals surface area contributed by atoms with E-state index in [1.54, 1.807) is 61.7 Å². The Bertz CT molecular complexity index is 1410. The normalized spacial score (nSPS) is 15.3. The number of esters is 1. The second-order valence-electron chi connectivity index (χ2n) is 8.09. The summed E-state index contributed by atoms with van der Waals surface area (Å²) >= 11 is 13.8. The molecule has 0 N–H and O–H groups in total. The van der Waals surface area contributed by atoms with E-state index in [2.05, 4.69) is 4.99 Å². The number of methoxy groups -OCH3 is 1. The van der Waals surface area contributed by atoms with Gasteiger partial charge < -0.3 is 14.2 Å². The van der Waals surface area contributed by atoms with Crippen molar-refractivity contribution in [1.82, 2.24) is 4.90 Å². The van der Waals surface area contributed by atoms with Gasteiger partial charge in [0.05, 0.1) is 34.9 Å². The number of nitrogens with zero attached hydrogens (tertiary/aromatic N) is 2. The van der Waals surface area contributed by atoms with Gasteiger partial charge in [-0.2, -0.15) is 0 Å². The molecule has 0 bridgehead atoms. The molecule has 196 valence electrons. The Morgan fingerprint density at radius 2 is 1.76 bits per heavy atom. The third-order valence-electron chi connectivity index (χ3n) is 5.44. The van der Waals surface area contributed by atoms with Gasteiger partial charge >= 0.3 is 5.97 Å². The topological polar surface area (TPSA) is 77.4 Å². The van der Waals surface area contributed by atoms with E-state index in [4.69, 9.17) is 37.4 Å². The zero-order chi connectivity index (χ0) is 27.2. The van der Waals surface area contributed by atoms with Crippen LogP contribution in [0.5, 0.6) is 11.5 Å². The standard InChI is InChI=1S/C28H24Cl2N2O5S/c1-4-36-23-14-18(13-22(30)25(23)37-16-17-5-9-20(29)10-6-17)15-24-26(33)32(2)28(38-24)31-21-11-7-19(8-12-21)27(34)35-3/h5-15H,4,16H2,1-3H3. The number of amidine groups is 1. The molecule has 1 amide bonds. The molecule has 0 spiro atoms. The number of ether oxygens (including phenoxy) is 3. The number of hydrogen-bond acceptors (Lipinski definition) is 7. The Hall–Kier alpha value is -3.46. The van der Waals surface area contributed by atoms with Crippen molar-refractivity contribution in [3.8, 4) is 11.5 Å². The van der Waals surface area contributed by atoms with E-state index in [0.29, 0.717) is 55.0 Å². The van der Waals surface area contributed by atoms with Gasteiger partial charge in [-0.05, 0) is 84.4 Å². The van der Waals surface area contributed by atoms with E-state index < -0.39 is 5.97 Å². The van der Waals surface area contributed by atoms with Crippen molar-refractivity contribution in [3.63, 3.8) is 0 Å². The summed E-state index contributed by atoms with van der Waals surface area (Å²) in [6.07, 6.45) is 1.74. The minimum absolute atomic E-state index is 0.197. The number of halogens is 2. The third-order valence-corrected chi connectivity index (χ3v) is 7.04. The zero-order valence-electron chi connectivity index (χ0n) is 20.9. The highest BCUT2D eigenvalue weighted by molar-refractivity contribution is 8.18. The van der Waals surface area contributed by atoms with Crippen LogP contribution in [-0.4, -0.2) is 42.7 Å². The molecule has 10 heteroatoms. The molecule has 3 aromatic rings. The van der Waals surface area contributed by atoms with Crippen LogP contribution >= 0.6 is 35.0 Å². The summed E-state index contributed by atoms with van der Waals surface area (Å²) in [5, 5.41) is 1.51. The predicted molar refractivity (Wildman–Crippen MR) is 152 cm³/mol. The molecule has 0 unspecified atom stereocenters. The number of rotatable bonds is 8. The Balaban J connectivity index is 1.55. The summed E-state index contributed by atoms with van der Waals surface area (Å²) in [5.41, 5.74) is 2.64. The molecule has 1 aliphatic rings. The van der Waals surface area contributed by atoms with E-state index >= 15 is 0 Å². The first kappa shape index (κ1) is 27.6. The highest BCUT2D eigenvalue weighted by Crippen LogP contribution is 2.39. The average Bonchev–Trinajstić information content (AvgIpc) is 3.17. The minimum atomic E-state index is -0.427. The number of thioether (sulfide) groups is 1. The van der Waals surface area contributed by atoms with Gasteiger partial charge in [0, 0.05) is 12.1 Å². The van der Waals surface area contributed by atoms with E-state index in [1.807, 2.05) is 19.1 Å². The predicted octanol–water partition coefficient (Wildman–Crippen LogP) is 6.99. The first-order chi connectivity index (χ1) is 18.3. The van der Waals surface area contributed by atoms with Crippen molar-refractivity contribution >= 4 is 63.8 Å². The second kappa shape index (κ2) is 12.4. The first-order valence-electron chi connectivity index (χ1n) is 11.6. The number of aliphatic imine (C=N–C) groups is 1. The van der Waals surface area contributed by atoms with Gasteiger partial charge in [0.25, 0.3) is 5.91 Å². The molecule has 38 heavy (non-hydrogen) atoms. The lowest BCUT2D eigenvalue weighted by atomic mass is 10.1. The third kappa shape index (κ3) is 6.51. The lowest BCUT2D eigenvalue weighted by Crippen LogP contribution is -2.23. The molecule has 1 saturated heterocycles. The van der Waals surface area contributed by atoms with Gasteiger partial charge in [0.2, 0.25) is 0 Å². The van der Waals surface area contributed by atoms with Gasteiger partial charge in [-0.25, -0.2) is 9.79 Å². The molecule has 0 aliphatic carbocycles. The van der Waals surface area contributed by atoms with Crippen molar-refractivity contribution in [2.75, 3.05) is 20.8 Å². The monoisotopic (exact) mass is 570 g/mol. The van der Waals surface area contributed by atoms with Crippen LogP contribution in [0, 0.1) is 0 Å². The number of carbonyl (C=O) groups is 2. The van der Waals surface area contributed by atoms with Gasteiger partial charge in [0.1, 0.15) is 6.61 Å². The van der Waals surface area contributed by atoms with Gasteiger partial charge in [-0.1, -0.05) is 35.3 Å². The Morgan fingerprint density at radius 1 is 1.05 bits per heavy atom. The summed E-state index contributed by atoms with van der Waals surface area (Å²) in [5.74, 6) is 0.274. The van der Waals surface area contributed by atoms with E-state index in [0.717, 1.165) is 5.56 Å². The number of carbonyl (C=O) groups excluding carboxylic acids is 2. The van der Waals surface area contributed by atoms with Crippen LogP contribution < -0.4 is 9.47 Å². The molecule has 7 nitrogen and oxygen atoms in total. The average molecular weight is 571 g/mol. The molecule has 1 heterocycles. The number of likely N-dealkylation sites (N-methyl/N-ethyl adjacent to an activating group) is 1. The fourth-order valence-corrected chi connectivity index (χ4v) is 4.90. The summed E-state index contributed by atoms with van der Waals surface area (Å²) in [6, 6.07) is 17.5. The Kier molecular flexibility index (Phi) is 8.99. The van der Waals surface area contributed by atoms with Crippen molar-refractivity contribution in [3.05, 3.63) is 92.3 Å². The largest absolute Gasteiger partial charge is 0.490 e. The van der Waals surface area contributed by atoms with Crippen molar-refractivity contribution < 1.29 is 23.8 Å². The van der Waals surface area contributed by atoms with Crippen molar-refractivity contribution in [2.24, 2.45) is 4.99 Å². The fraction of sp³-hybridized carbons (Fsp3) is 0.179. The Morgan fingerprint density at radius 3 is 2.42 bits per heavy atom. The molecular formula is C28H24Cl2N2O5S. The molecule has 4 rings (SSSR count). The lowest BCUT2D eigenvalue weighted by Gasteiger charge is -2.15. The maximum absolute atomic E-state index is 12.9. The smallest absolute Gasteiger partial charge is 0.337 e. The molecule has 0 atom stereocenters. The SMILES string of the molecule is CCOc1cc(C=C2SC(=Nc3ccc(C(=O)OC)cc3)N(C)C2=O)cc(Cl)c1OCc1ccc(Cl)cc1. The minimum Gasteiger partial charge on any atom is -0.490 e. The van der Waals surface area contributed by atoms with E-state index in [9.17, 15) is 9.59 Å². The molecule has 1 aliphatic heterocycles. The maximum Gasteiger partial charge on any atom is 0.337 e. The summed E-state index contributed by atoms with van der Waals surface area (Å²) < 4.78 is 16.5. The number of hydrogen-bond donors (Lipinski definition) is 0. The zero-order valence-corrected chi connectivity index (χ0v) is 23.2. The van der Waals surface area contributed by atoms with Crippen LogP contribution in [0.2, 0.25) is 10.0 Å². The van der Waals surface area contributed by atoms with Crippen LogP contribution in [0.3, 0.4) is 0 Å². The molecular weight excluding hydrogens is 547 g/mol. The highest BCUT2D eigenvalue weighted by Gasteiger charge is 2.30. The van der Waals surface area contributed by atoms with Crippen molar-refractivity contribution in [1.29, 1.82) is 0 Å². The molecule has 1 fully saturated rings. The second-order valence-corrected chi connectivity index (χ2v) is 9.94. The lowest BCUT2D eigenvalue weighted by molar-refractivity contribution is -0.121. The molecule has 0 radical (unpaired) electrons. The maximum atomic E-state index is 12.9. The summed E-state index contributed by atoms with van der Waals surface area (Å²) in [7, 11) is 2.98. The van der Waals surface area contributed by atoms with Gasteiger partial charge in [0.15, 0.2) is 16.7 Å². The molecule has 0 saturated carbocycles. The summed E-state index contributed by atoms with van der Waals surface area (Å²) in [4.78, 5) is 31.1. The van der Waals surface area contributed by atoms with Crippen LogP contribution in [0.25, 0.3) is 6.08 Å². The number of benzene rings is 3. The van der Waals surface area contributed by atoms with Crippen LogP contribution in [-0.2, 0) is 16.1 Å². The quantitative estimate of drug-likeness (QED) is 0.214. The molecule has 3 aromatic carbocycles. The number of amides is 1. The van der Waals surface area contributed by atoms with E-state index in [1.165, 1.54) is 23.8 Å². The van der Waals surface area contributed by atoms with Gasteiger partial charge in [-0.3, -0.25) is 9.69 Å². The molecule has 0 aromatic heterocycles. The van der Waals surface area contributed by atoms with Crippen LogP contribution in [0.4, 0.5) is 5.69 Å². The van der Waals surface area contributed by atoms with E-state index in [-0.39, 0.29) is 12.5 Å². The van der Waals surface area contributed by atoms with Gasteiger partial charge in [-0.15, -0.1) is 0 Å². The van der Waals surface area contributed by atoms with Crippen molar-refractivity contribution in [2.45, 2.75) is 13.5 Å². The summed E-state index contributed by atoms with van der Waals surface area (Å²) in [6.45, 7) is 2.57. The first-order valence-corrected chi connectivity index (χ1v) is 13.1. The van der Waals surface area contributed by atoms with Crippen LogP contribution in [0.1, 0.15) is 28.4 Å². The van der Waals surface area contributed by atoms with Crippen LogP contribution in [0.15, 0.2) is 70.6 Å². The highest BCUT2D eigenvalue weighted by atomic mass is 35.5. The Labute approximate surface area is 235 Å². The fourth-order valence-electron chi connectivity index (χ4n) is 3.51.